The highest BCUT2D eigenvalue weighted by Gasteiger charge is 2.21. The molecule has 0 atom stereocenters. The molecule has 0 fully saturated rings. The third-order valence-corrected chi connectivity index (χ3v) is 3.24. The summed E-state index contributed by atoms with van der Waals surface area (Å²) < 4.78 is 0.818. The summed E-state index contributed by atoms with van der Waals surface area (Å²) >= 11 is 7.44. The summed E-state index contributed by atoms with van der Waals surface area (Å²) in [7, 11) is 0. The molecule has 0 unspecified atom stereocenters. The molecule has 0 saturated heterocycles. The Morgan fingerprint density at radius 1 is 1.50 bits per heavy atom. The topological polar surface area (TPSA) is 17.1 Å². The fraction of sp³-hybridized carbons (Fsp3) is 0.545. The van der Waals surface area contributed by atoms with Gasteiger partial charge in [-0.25, -0.2) is 0 Å². The molecule has 0 amide bonds. The second-order valence-corrected chi connectivity index (χ2v) is 6.23. The number of ketones is 1. The van der Waals surface area contributed by atoms with Crippen molar-refractivity contribution in [2.75, 3.05) is 0 Å². The first-order valence-corrected chi connectivity index (χ1v) is 5.82. The Hall–Kier alpha value is -0.340. The van der Waals surface area contributed by atoms with E-state index in [1.807, 2.05) is 12.1 Å². The van der Waals surface area contributed by atoms with Crippen LogP contribution in [-0.4, -0.2) is 5.78 Å². The lowest BCUT2D eigenvalue weighted by atomic mass is 9.84. The maximum atomic E-state index is 11.0. The molecule has 0 bridgehead atoms. The van der Waals surface area contributed by atoms with Crippen LogP contribution in [0.2, 0.25) is 4.34 Å². The van der Waals surface area contributed by atoms with Crippen LogP contribution in [0.15, 0.2) is 12.1 Å². The number of rotatable bonds is 4. The van der Waals surface area contributed by atoms with Gasteiger partial charge in [0, 0.05) is 11.3 Å². The first-order chi connectivity index (χ1) is 6.39. The average molecular weight is 231 g/mol. The van der Waals surface area contributed by atoms with E-state index in [1.165, 1.54) is 4.88 Å². The molecule has 1 aromatic rings. The van der Waals surface area contributed by atoms with Crippen LogP contribution in [-0.2, 0) is 11.2 Å². The number of Topliss-reactive ketones (excluding diaryl/α,β-unsaturated/α-hetero) is 1. The Morgan fingerprint density at radius 2 is 2.14 bits per heavy atom. The number of carbonyl (C=O) groups excluding carboxylic acids is 1. The van der Waals surface area contributed by atoms with Gasteiger partial charge in [0.1, 0.15) is 5.78 Å². The molecular formula is C11H15ClOS. The minimum Gasteiger partial charge on any atom is -0.300 e. The van der Waals surface area contributed by atoms with Gasteiger partial charge >= 0.3 is 0 Å². The van der Waals surface area contributed by atoms with E-state index in [4.69, 9.17) is 11.6 Å². The van der Waals surface area contributed by atoms with Crippen molar-refractivity contribution in [3.05, 3.63) is 21.3 Å². The summed E-state index contributed by atoms with van der Waals surface area (Å²) in [6.07, 6.45) is 1.55. The van der Waals surface area contributed by atoms with Gasteiger partial charge in [0.25, 0.3) is 0 Å². The van der Waals surface area contributed by atoms with E-state index in [9.17, 15) is 4.79 Å². The minimum atomic E-state index is 0.0417. The third-order valence-electron chi connectivity index (χ3n) is 2.01. The van der Waals surface area contributed by atoms with Crippen molar-refractivity contribution in [3.63, 3.8) is 0 Å². The molecule has 0 aliphatic carbocycles. The summed E-state index contributed by atoms with van der Waals surface area (Å²) in [4.78, 5) is 12.3. The molecule has 1 heterocycles. The largest absolute Gasteiger partial charge is 0.300 e. The lowest BCUT2D eigenvalue weighted by Crippen LogP contribution is -2.17. The fourth-order valence-corrected chi connectivity index (χ4v) is 3.00. The Kier molecular flexibility index (Phi) is 3.73. The molecule has 0 N–H and O–H groups in total. The summed E-state index contributed by atoms with van der Waals surface area (Å²) in [5, 5.41) is 0. The molecule has 14 heavy (non-hydrogen) atoms. The molecule has 0 saturated carbocycles. The van der Waals surface area contributed by atoms with E-state index in [0.29, 0.717) is 6.42 Å². The second kappa shape index (κ2) is 4.45. The lowest BCUT2D eigenvalue weighted by Gasteiger charge is -2.22. The molecule has 78 valence electrons. The highest BCUT2D eigenvalue weighted by atomic mass is 35.5. The summed E-state index contributed by atoms with van der Waals surface area (Å²) in [5.74, 6) is 0.248. The molecule has 3 heteroatoms. The van der Waals surface area contributed by atoms with Gasteiger partial charge in [-0.2, -0.15) is 0 Å². The Bertz CT molecular complexity index is 328. The Labute approximate surface area is 94.1 Å². The maximum Gasteiger partial charge on any atom is 0.130 e. The van der Waals surface area contributed by atoms with Crippen molar-refractivity contribution >= 4 is 28.7 Å². The zero-order chi connectivity index (χ0) is 10.8. The molecule has 0 radical (unpaired) electrons. The van der Waals surface area contributed by atoms with Gasteiger partial charge in [-0.1, -0.05) is 25.4 Å². The highest BCUT2D eigenvalue weighted by molar-refractivity contribution is 7.16. The van der Waals surface area contributed by atoms with Gasteiger partial charge in [-0.15, -0.1) is 11.3 Å². The predicted octanol–water partition coefficient (Wildman–Crippen LogP) is 3.95. The van der Waals surface area contributed by atoms with Crippen LogP contribution in [0.3, 0.4) is 0 Å². The van der Waals surface area contributed by atoms with Gasteiger partial charge in [-0.3, -0.25) is 0 Å². The lowest BCUT2D eigenvalue weighted by molar-refractivity contribution is -0.118. The highest BCUT2D eigenvalue weighted by Crippen LogP contribution is 2.31. The molecular weight excluding hydrogens is 216 g/mol. The van der Waals surface area contributed by atoms with Crippen LogP contribution in [0.25, 0.3) is 0 Å². The molecule has 0 aliphatic heterocycles. The molecule has 0 aromatic carbocycles. The van der Waals surface area contributed by atoms with E-state index >= 15 is 0 Å². The van der Waals surface area contributed by atoms with Crippen molar-refractivity contribution in [2.24, 2.45) is 5.41 Å². The van der Waals surface area contributed by atoms with Crippen LogP contribution in [0.5, 0.6) is 0 Å². The SMILES string of the molecule is CC(=O)CC(C)(C)Cc1ccc(Cl)s1. The zero-order valence-corrected chi connectivity index (χ0v) is 10.3. The van der Waals surface area contributed by atoms with E-state index < -0.39 is 0 Å². The fourth-order valence-electron chi connectivity index (χ4n) is 1.65. The maximum absolute atomic E-state index is 11.0. The first-order valence-electron chi connectivity index (χ1n) is 4.63. The first kappa shape index (κ1) is 11.7. The summed E-state index contributed by atoms with van der Waals surface area (Å²) in [6, 6.07) is 3.94. The number of carbonyl (C=O) groups is 1. The summed E-state index contributed by atoms with van der Waals surface area (Å²) in [5.41, 5.74) is 0.0417. The second-order valence-electron chi connectivity index (χ2n) is 4.43. The standard InChI is InChI=1S/C11H15ClOS/c1-8(13)6-11(2,3)7-9-4-5-10(12)14-9/h4-5H,6-7H2,1-3H3. The monoisotopic (exact) mass is 230 g/mol. The van der Waals surface area contributed by atoms with Gasteiger partial charge in [-0.05, 0) is 30.9 Å². The van der Waals surface area contributed by atoms with Crippen molar-refractivity contribution < 1.29 is 4.79 Å². The van der Waals surface area contributed by atoms with Crippen molar-refractivity contribution in [3.8, 4) is 0 Å². The number of halogens is 1. The van der Waals surface area contributed by atoms with Gasteiger partial charge in [0.15, 0.2) is 0 Å². The van der Waals surface area contributed by atoms with Crippen LogP contribution in [0.4, 0.5) is 0 Å². The van der Waals surface area contributed by atoms with Crippen molar-refractivity contribution in [1.82, 2.24) is 0 Å². The van der Waals surface area contributed by atoms with Gasteiger partial charge in [0.2, 0.25) is 0 Å². The Morgan fingerprint density at radius 3 is 2.57 bits per heavy atom. The molecule has 1 rings (SSSR count). The van der Waals surface area contributed by atoms with Crippen LogP contribution >= 0.6 is 22.9 Å². The van der Waals surface area contributed by atoms with Crippen LogP contribution in [0.1, 0.15) is 32.1 Å². The predicted molar refractivity (Wildman–Crippen MR) is 62.1 cm³/mol. The number of hydrogen-bond acceptors (Lipinski definition) is 2. The minimum absolute atomic E-state index is 0.0417. The normalized spacial score (nSPS) is 11.7. The van der Waals surface area contributed by atoms with E-state index in [-0.39, 0.29) is 11.2 Å². The molecule has 1 aromatic heterocycles. The van der Waals surface area contributed by atoms with E-state index in [0.717, 1.165) is 10.8 Å². The number of hydrogen-bond donors (Lipinski definition) is 0. The molecule has 0 spiro atoms. The Balaban J connectivity index is 2.63. The van der Waals surface area contributed by atoms with E-state index in [2.05, 4.69) is 13.8 Å². The summed E-state index contributed by atoms with van der Waals surface area (Å²) in [6.45, 7) is 5.87. The quantitative estimate of drug-likeness (QED) is 0.766. The van der Waals surface area contributed by atoms with Crippen LogP contribution < -0.4 is 0 Å². The van der Waals surface area contributed by atoms with Gasteiger partial charge < -0.3 is 4.79 Å². The average Bonchev–Trinajstić information content (AvgIpc) is 2.30. The van der Waals surface area contributed by atoms with E-state index in [1.54, 1.807) is 18.3 Å². The van der Waals surface area contributed by atoms with Crippen molar-refractivity contribution in [1.29, 1.82) is 0 Å². The van der Waals surface area contributed by atoms with Crippen molar-refractivity contribution in [2.45, 2.75) is 33.6 Å². The van der Waals surface area contributed by atoms with Gasteiger partial charge in [0.05, 0.1) is 4.34 Å². The zero-order valence-electron chi connectivity index (χ0n) is 8.76. The molecule has 1 nitrogen and oxygen atoms in total. The number of thiophene rings is 1. The molecule has 0 aliphatic rings. The smallest absolute Gasteiger partial charge is 0.130 e. The third kappa shape index (κ3) is 3.81. The van der Waals surface area contributed by atoms with Crippen LogP contribution in [0, 0.1) is 5.41 Å².